The Bertz CT molecular complexity index is 338. The van der Waals surface area contributed by atoms with Crippen molar-refractivity contribution in [3.05, 3.63) is 11.3 Å². The third-order valence-corrected chi connectivity index (χ3v) is 1.67. The van der Waals surface area contributed by atoms with E-state index in [9.17, 15) is 22.4 Å². The molecule has 0 aliphatic heterocycles. The second kappa shape index (κ2) is 5.15. The second-order valence-electron chi connectivity index (χ2n) is 2.52. The molecule has 9 heteroatoms. The number of alkyl halides is 5. The first-order valence-corrected chi connectivity index (χ1v) is 4.10. The number of rotatable bonds is 5. The zero-order valence-corrected chi connectivity index (χ0v) is 8.58. The highest BCUT2D eigenvalue weighted by molar-refractivity contribution is 6.26. The van der Waals surface area contributed by atoms with Crippen molar-refractivity contribution < 1.29 is 27.5 Å². The lowest BCUT2D eigenvalue weighted by atomic mass is 10.1. The van der Waals surface area contributed by atoms with Crippen LogP contribution in [0.1, 0.15) is 0 Å². The highest BCUT2D eigenvalue weighted by atomic mass is 35.5. The van der Waals surface area contributed by atoms with Gasteiger partial charge in [-0.25, -0.2) is 13.6 Å². The van der Waals surface area contributed by atoms with Crippen molar-refractivity contribution >= 4 is 23.3 Å². The Labute approximate surface area is 92.4 Å². The minimum absolute atomic E-state index is 0.882. The van der Waals surface area contributed by atoms with Gasteiger partial charge in [-0.15, -0.1) is 0 Å². The normalized spacial score (nSPS) is 13.4. The molecule has 0 amide bonds. The van der Waals surface area contributed by atoms with Gasteiger partial charge in [-0.2, -0.15) is 8.78 Å². The number of allylic oxidation sites excluding steroid dienone is 1. The van der Waals surface area contributed by atoms with Gasteiger partial charge in [-0.1, -0.05) is 0 Å². The Kier molecular flexibility index (Phi) is 4.73. The van der Waals surface area contributed by atoms with Gasteiger partial charge in [0.05, 0.1) is 0 Å². The molecule has 0 aromatic heterocycles. The molecule has 16 heavy (non-hydrogen) atoms. The van der Waals surface area contributed by atoms with Crippen LogP contribution in [-0.2, 0) is 4.79 Å². The molecule has 0 aromatic rings. The summed E-state index contributed by atoms with van der Waals surface area (Å²) in [4.78, 5) is 10.5. The van der Waals surface area contributed by atoms with Crippen molar-refractivity contribution in [2.75, 3.05) is 7.05 Å². The third-order valence-electron chi connectivity index (χ3n) is 1.48. The molecule has 0 aliphatic rings. The number of halogens is 5. The van der Waals surface area contributed by atoms with Gasteiger partial charge >= 0.3 is 11.4 Å². The second-order valence-corrected chi connectivity index (χ2v) is 2.99. The summed E-state index contributed by atoms with van der Waals surface area (Å²) in [6.07, 6.45) is -3.49. The van der Waals surface area contributed by atoms with Crippen molar-refractivity contribution in [1.29, 1.82) is 5.41 Å². The number of nitrogens with one attached hydrogen (secondary N) is 2. The smallest absolute Gasteiger partial charge is 0.363 e. The average molecular weight is 263 g/mol. The standard InChI is InChI=1S/C7H7ClF4N2O2/c1-14-4(7(8,11)12)2(6(15)16)3(13)5(9)10/h5,13-14H,1H3,(H,15,16)/b4-2+,13-3?. The summed E-state index contributed by atoms with van der Waals surface area (Å²) in [5, 5.41) is 12.7. The first kappa shape index (κ1) is 14.7. The van der Waals surface area contributed by atoms with E-state index in [1.165, 1.54) is 0 Å². The van der Waals surface area contributed by atoms with E-state index >= 15 is 0 Å². The van der Waals surface area contributed by atoms with Gasteiger partial charge < -0.3 is 10.4 Å². The Morgan fingerprint density at radius 3 is 2.12 bits per heavy atom. The lowest BCUT2D eigenvalue weighted by Gasteiger charge is -2.16. The quantitative estimate of drug-likeness (QED) is 0.305. The Morgan fingerprint density at radius 2 is 1.94 bits per heavy atom. The number of hydrogen-bond acceptors (Lipinski definition) is 3. The summed E-state index contributed by atoms with van der Waals surface area (Å²) in [7, 11) is 0.882. The zero-order chi connectivity index (χ0) is 13.1. The van der Waals surface area contributed by atoms with Crippen LogP contribution >= 0.6 is 11.6 Å². The molecular weight excluding hydrogens is 256 g/mol. The van der Waals surface area contributed by atoms with E-state index in [1.807, 2.05) is 0 Å². The predicted molar refractivity (Wildman–Crippen MR) is 48.3 cm³/mol. The predicted octanol–water partition coefficient (Wildman–Crippen LogP) is 1.66. The Hall–Kier alpha value is -1.31. The maximum absolute atomic E-state index is 12.7. The van der Waals surface area contributed by atoms with Crippen molar-refractivity contribution in [3.63, 3.8) is 0 Å². The Morgan fingerprint density at radius 1 is 1.50 bits per heavy atom. The average Bonchev–Trinajstić information content (AvgIpc) is 2.09. The molecule has 0 spiro atoms. The molecule has 4 nitrogen and oxygen atoms in total. The lowest BCUT2D eigenvalue weighted by Crippen LogP contribution is -2.31. The molecule has 0 saturated heterocycles. The van der Waals surface area contributed by atoms with Crippen LogP contribution in [0.25, 0.3) is 0 Å². The maximum Gasteiger partial charge on any atom is 0.363 e. The SMILES string of the molecule is CN/C(=C(\C(=N)C(F)F)C(=O)O)C(F)(F)Cl. The van der Waals surface area contributed by atoms with Crippen molar-refractivity contribution in [3.8, 4) is 0 Å². The number of carboxylic acid groups (broad SMARTS) is 1. The summed E-state index contributed by atoms with van der Waals surface area (Å²) >= 11 is 4.53. The van der Waals surface area contributed by atoms with Gasteiger partial charge in [-0.05, 0) is 11.6 Å². The molecule has 0 rings (SSSR count). The largest absolute Gasteiger partial charge is 0.478 e. The first-order valence-electron chi connectivity index (χ1n) is 3.72. The van der Waals surface area contributed by atoms with Gasteiger partial charge in [0, 0.05) is 7.05 Å². The number of carboxylic acids is 1. The summed E-state index contributed by atoms with van der Waals surface area (Å²) in [6, 6.07) is 0. The van der Waals surface area contributed by atoms with Gasteiger partial charge in [0.2, 0.25) is 0 Å². The van der Waals surface area contributed by atoms with Crippen LogP contribution in [0.15, 0.2) is 11.3 Å². The van der Waals surface area contributed by atoms with E-state index in [0.717, 1.165) is 7.05 Å². The van der Waals surface area contributed by atoms with Crippen molar-refractivity contribution in [2.45, 2.75) is 11.8 Å². The fourth-order valence-electron chi connectivity index (χ4n) is 0.874. The monoisotopic (exact) mass is 262 g/mol. The topological polar surface area (TPSA) is 73.2 Å². The third kappa shape index (κ3) is 3.37. The molecule has 0 bridgehead atoms. The van der Waals surface area contributed by atoms with Gasteiger partial charge in [0.15, 0.2) is 0 Å². The lowest BCUT2D eigenvalue weighted by molar-refractivity contribution is -0.132. The van der Waals surface area contributed by atoms with Crippen LogP contribution < -0.4 is 5.32 Å². The minimum Gasteiger partial charge on any atom is -0.478 e. The molecular formula is C7H7ClF4N2O2. The van der Waals surface area contributed by atoms with Crippen LogP contribution in [0.4, 0.5) is 17.6 Å². The summed E-state index contributed by atoms with van der Waals surface area (Å²) in [6.45, 7) is 0. The van der Waals surface area contributed by atoms with Gasteiger partial charge in [0.25, 0.3) is 6.43 Å². The van der Waals surface area contributed by atoms with E-state index in [1.54, 1.807) is 5.32 Å². The number of aliphatic carboxylic acids is 1. The van der Waals surface area contributed by atoms with E-state index in [4.69, 9.17) is 10.5 Å². The van der Waals surface area contributed by atoms with Crippen LogP contribution in [0, 0.1) is 5.41 Å². The van der Waals surface area contributed by atoms with E-state index in [-0.39, 0.29) is 0 Å². The highest BCUT2D eigenvalue weighted by Gasteiger charge is 2.38. The maximum atomic E-state index is 12.7. The molecule has 0 radical (unpaired) electrons. The fourth-order valence-corrected chi connectivity index (χ4v) is 1.06. The molecule has 0 fully saturated rings. The number of carbonyl (C=O) groups is 1. The van der Waals surface area contributed by atoms with Crippen LogP contribution in [0.2, 0.25) is 0 Å². The zero-order valence-electron chi connectivity index (χ0n) is 7.82. The van der Waals surface area contributed by atoms with Crippen LogP contribution in [0.5, 0.6) is 0 Å². The molecule has 0 heterocycles. The molecule has 0 aliphatic carbocycles. The van der Waals surface area contributed by atoms with E-state index in [2.05, 4.69) is 11.6 Å². The Balaban J connectivity index is 5.72. The van der Waals surface area contributed by atoms with Crippen molar-refractivity contribution in [1.82, 2.24) is 5.32 Å². The van der Waals surface area contributed by atoms with Gasteiger partial charge in [0.1, 0.15) is 17.0 Å². The van der Waals surface area contributed by atoms with E-state index in [0.29, 0.717) is 0 Å². The molecule has 92 valence electrons. The number of hydrogen-bond donors (Lipinski definition) is 3. The van der Waals surface area contributed by atoms with Gasteiger partial charge in [-0.3, -0.25) is 5.41 Å². The minimum atomic E-state index is -4.18. The first-order chi connectivity index (χ1) is 7.12. The molecule has 0 saturated carbocycles. The molecule has 3 N–H and O–H groups in total. The summed E-state index contributed by atoms with van der Waals surface area (Å²) in [5.41, 5.74) is -4.73. The highest BCUT2D eigenvalue weighted by Crippen LogP contribution is 2.30. The van der Waals surface area contributed by atoms with Crippen LogP contribution in [-0.4, -0.2) is 35.6 Å². The molecule has 0 atom stereocenters. The van der Waals surface area contributed by atoms with Crippen LogP contribution in [0.3, 0.4) is 0 Å². The van der Waals surface area contributed by atoms with E-state index < -0.39 is 34.8 Å². The summed E-state index contributed by atoms with van der Waals surface area (Å²) in [5.74, 6) is -2.09. The molecule has 0 unspecified atom stereocenters. The molecule has 0 aromatic carbocycles. The fraction of sp³-hybridized carbons (Fsp3) is 0.429. The summed E-state index contributed by atoms with van der Waals surface area (Å²) < 4.78 is 49.5. The van der Waals surface area contributed by atoms with Crippen molar-refractivity contribution in [2.24, 2.45) is 0 Å².